The van der Waals surface area contributed by atoms with Crippen molar-refractivity contribution in [3.63, 3.8) is 0 Å². The Labute approximate surface area is 118 Å². The Morgan fingerprint density at radius 1 is 1.47 bits per heavy atom. The summed E-state index contributed by atoms with van der Waals surface area (Å²) in [6, 6.07) is 5.89. The summed E-state index contributed by atoms with van der Waals surface area (Å²) in [4.78, 5) is 13.8. The van der Waals surface area contributed by atoms with E-state index in [-0.39, 0.29) is 6.04 Å². The lowest BCUT2D eigenvalue weighted by Crippen LogP contribution is -2.49. The van der Waals surface area contributed by atoms with Gasteiger partial charge >= 0.3 is 0 Å². The van der Waals surface area contributed by atoms with Gasteiger partial charge in [-0.15, -0.1) is 0 Å². The van der Waals surface area contributed by atoms with Crippen molar-refractivity contribution in [2.24, 2.45) is 11.5 Å². The minimum atomic E-state index is -0.453. The van der Waals surface area contributed by atoms with Crippen LogP contribution < -0.4 is 16.4 Å². The lowest BCUT2D eigenvalue weighted by Gasteiger charge is -2.42. The number of primary amides is 1. The highest BCUT2D eigenvalue weighted by Crippen LogP contribution is 2.32. The van der Waals surface area contributed by atoms with Crippen molar-refractivity contribution in [2.45, 2.75) is 38.3 Å². The first-order valence-electron chi connectivity index (χ1n) is 6.62. The number of piperidine rings is 1. The average Bonchev–Trinajstić information content (AvgIpc) is 2.38. The number of anilines is 1. The van der Waals surface area contributed by atoms with Crippen LogP contribution in [0.2, 0.25) is 5.02 Å². The molecule has 0 saturated carbocycles. The van der Waals surface area contributed by atoms with E-state index in [9.17, 15) is 4.79 Å². The number of benzene rings is 1. The van der Waals surface area contributed by atoms with Gasteiger partial charge in [0.1, 0.15) is 0 Å². The number of nitrogens with zero attached hydrogens (tertiary/aromatic N) is 1. The second-order valence-corrected chi connectivity index (χ2v) is 5.54. The maximum Gasteiger partial charge on any atom is 0.250 e. The lowest BCUT2D eigenvalue weighted by atomic mass is 9.94. The summed E-state index contributed by atoms with van der Waals surface area (Å²) in [7, 11) is 0. The Morgan fingerprint density at radius 3 is 2.84 bits per heavy atom. The molecule has 2 atom stereocenters. The first kappa shape index (κ1) is 14.2. The monoisotopic (exact) mass is 281 g/mol. The first-order valence-corrected chi connectivity index (χ1v) is 7.00. The normalized spacial score (nSPS) is 23.4. The second kappa shape index (κ2) is 5.80. The van der Waals surface area contributed by atoms with Crippen molar-refractivity contribution in [1.29, 1.82) is 0 Å². The molecule has 1 aliphatic heterocycles. The van der Waals surface area contributed by atoms with Crippen LogP contribution >= 0.6 is 11.6 Å². The molecule has 1 amide bonds. The molecule has 5 heteroatoms. The Morgan fingerprint density at radius 2 is 2.21 bits per heavy atom. The van der Waals surface area contributed by atoms with Crippen LogP contribution in [0, 0.1) is 0 Å². The van der Waals surface area contributed by atoms with E-state index in [1.807, 2.05) is 6.07 Å². The number of carbonyl (C=O) groups excluding carboxylic acids is 1. The summed E-state index contributed by atoms with van der Waals surface area (Å²) in [6.45, 7) is 2.73. The summed E-state index contributed by atoms with van der Waals surface area (Å²) >= 11 is 5.96. The number of amides is 1. The fraction of sp³-hybridized carbons (Fsp3) is 0.500. The molecule has 0 radical (unpaired) electrons. The summed E-state index contributed by atoms with van der Waals surface area (Å²) < 4.78 is 0. The van der Waals surface area contributed by atoms with E-state index in [1.54, 1.807) is 12.1 Å². The van der Waals surface area contributed by atoms with Gasteiger partial charge in [-0.3, -0.25) is 4.79 Å². The highest BCUT2D eigenvalue weighted by atomic mass is 35.5. The number of rotatable bonds is 3. The van der Waals surface area contributed by atoms with E-state index in [2.05, 4.69) is 11.8 Å². The van der Waals surface area contributed by atoms with Crippen LogP contribution in [0.25, 0.3) is 0 Å². The largest absolute Gasteiger partial charge is 0.366 e. The van der Waals surface area contributed by atoms with Gasteiger partial charge in [-0.2, -0.15) is 0 Å². The zero-order chi connectivity index (χ0) is 14.0. The third kappa shape index (κ3) is 2.85. The van der Waals surface area contributed by atoms with Crippen LogP contribution in [0.1, 0.15) is 36.5 Å². The molecule has 1 aromatic carbocycles. The van der Waals surface area contributed by atoms with Crippen molar-refractivity contribution in [2.75, 3.05) is 11.4 Å². The molecule has 4 N–H and O–H groups in total. The zero-order valence-corrected chi connectivity index (χ0v) is 11.9. The van der Waals surface area contributed by atoms with Gasteiger partial charge in [0.05, 0.1) is 11.3 Å². The minimum absolute atomic E-state index is 0.253. The lowest BCUT2D eigenvalue weighted by molar-refractivity contribution is 0.100. The van der Waals surface area contributed by atoms with E-state index >= 15 is 0 Å². The van der Waals surface area contributed by atoms with E-state index in [0.717, 1.165) is 18.5 Å². The van der Waals surface area contributed by atoms with Crippen molar-refractivity contribution in [3.05, 3.63) is 28.8 Å². The van der Waals surface area contributed by atoms with Gasteiger partial charge in [0.2, 0.25) is 0 Å². The third-order valence-electron chi connectivity index (χ3n) is 3.80. The number of carbonyl (C=O) groups is 1. The van der Waals surface area contributed by atoms with Gasteiger partial charge in [-0.1, -0.05) is 11.6 Å². The molecule has 2 rings (SSSR count). The Balaban J connectivity index is 2.46. The third-order valence-corrected chi connectivity index (χ3v) is 4.04. The molecule has 1 aliphatic rings. The first-order chi connectivity index (χ1) is 9.04. The van der Waals surface area contributed by atoms with Gasteiger partial charge < -0.3 is 16.4 Å². The zero-order valence-electron chi connectivity index (χ0n) is 11.1. The van der Waals surface area contributed by atoms with E-state index in [0.29, 0.717) is 23.2 Å². The molecule has 2 unspecified atom stereocenters. The molecule has 19 heavy (non-hydrogen) atoms. The number of hydrogen-bond acceptors (Lipinski definition) is 3. The molecule has 0 spiro atoms. The van der Waals surface area contributed by atoms with E-state index in [1.165, 1.54) is 6.42 Å². The summed E-state index contributed by atoms with van der Waals surface area (Å²) in [5.74, 6) is -0.453. The number of halogens is 1. The fourth-order valence-corrected chi connectivity index (χ4v) is 3.06. The maximum atomic E-state index is 11.6. The second-order valence-electron chi connectivity index (χ2n) is 5.10. The van der Waals surface area contributed by atoms with Gasteiger partial charge in [0.25, 0.3) is 5.91 Å². The quantitative estimate of drug-likeness (QED) is 0.892. The van der Waals surface area contributed by atoms with Crippen molar-refractivity contribution in [1.82, 2.24) is 0 Å². The highest BCUT2D eigenvalue weighted by molar-refractivity contribution is 6.31. The van der Waals surface area contributed by atoms with Gasteiger partial charge in [-0.25, -0.2) is 0 Å². The average molecular weight is 282 g/mol. The topological polar surface area (TPSA) is 72.3 Å². The Kier molecular flexibility index (Phi) is 4.32. The van der Waals surface area contributed by atoms with Gasteiger partial charge in [-0.05, 0) is 44.4 Å². The molecule has 4 nitrogen and oxygen atoms in total. The molecule has 104 valence electrons. The van der Waals surface area contributed by atoms with Crippen LogP contribution in [0.15, 0.2) is 18.2 Å². The van der Waals surface area contributed by atoms with Crippen LogP contribution in [-0.2, 0) is 0 Å². The van der Waals surface area contributed by atoms with E-state index in [4.69, 9.17) is 23.1 Å². The standard InChI is InChI=1S/C14H20ClN3O/c1-9-3-2-4-11(8-16)18(9)13-6-5-10(15)7-12(13)14(17)19/h5-7,9,11H,2-4,8,16H2,1H3,(H2,17,19). The number of nitrogens with two attached hydrogens (primary N) is 2. The van der Waals surface area contributed by atoms with E-state index < -0.39 is 5.91 Å². The van der Waals surface area contributed by atoms with Crippen LogP contribution in [0.4, 0.5) is 5.69 Å². The summed E-state index contributed by atoms with van der Waals surface area (Å²) in [6.07, 6.45) is 3.30. The fourth-order valence-electron chi connectivity index (χ4n) is 2.88. The predicted molar refractivity (Wildman–Crippen MR) is 78.6 cm³/mol. The molecule has 1 fully saturated rings. The van der Waals surface area contributed by atoms with Crippen molar-refractivity contribution < 1.29 is 4.79 Å². The van der Waals surface area contributed by atoms with Crippen LogP contribution in [0.5, 0.6) is 0 Å². The molecule has 0 aliphatic carbocycles. The predicted octanol–water partition coefficient (Wildman–Crippen LogP) is 2.15. The Hall–Kier alpha value is -1.26. The maximum absolute atomic E-state index is 11.6. The van der Waals surface area contributed by atoms with Crippen molar-refractivity contribution >= 4 is 23.2 Å². The molecule has 0 bridgehead atoms. The minimum Gasteiger partial charge on any atom is -0.366 e. The molecular formula is C14H20ClN3O. The van der Waals surface area contributed by atoms with Gasteiger partial charge in [0, 0.05) is 23.7 Å². The molecular weight excluding hydrogens is 262 g/mol. The SMILES string of the molecule is CC1CCCC(CN)N1c1ccc(Cl)cc1C(N)=O. The summed E-state index contributed by atoms with van der Waals surface area (Å²) in [5, 5.41) is 0.520. The highest BCUT2D eigenvalue weighted by Gasteiger charge is 2.29. The molecule has 0 aromatic heterocycles. The molecule has 1 saturated heterocycles. The molecule has 1 heterocycles. The van der Waals surface area contributed by atoms with Gasteiger partial charge in [0.15, 0.2) is 0 Å². The number of hydrogen-bond donors (Lipinski definition) is 2. The summed E-state index contributed by atoms with van der Waals surface area (Å²) in [5.41, 5.74) is 12.7. The van der Waals surface area contributed by atoms with Crippen LogP contribution in [-0.4, -0.2) is 24.5 Å². The molecule has 1 aromatic rings. The smallest absolute Gasteiger partial charge is 0.250 e. The Bertz CT molecular complexity index is 478. The van der Waals surface area contributed by atoms with Crippen molar-refractivity contribution in [3.8, 4) is 0 Å². The van der Waals surface area contributed by atoms with Crippen LogP contribution in [0.3, 0.4) is 0 Å².